The SMILES string of the molecule is CC(C)n1ncc(Cl)c1C(O)c1cc(Cl)cs1. The molecule has 92 valence electrons. The average molecular weight is 291 g/mol. The van der Waals surface area contributed by atoms with E-state index < -0.39 is 6.10 Å². The highest BCUT2D eigenvalue weighted by molar-refractivity contribution is 7.10. The molecule has 1 N–H and O–H groups in total. The minimum Gasteiger partial charge on any atom is -0.381 e. The van der Waals surface area contributed by atoms with Crippen molar-refractivity contribution in [3.8, 4) is 0 Å². The van der Waals surface area contributed by atoms with Crippen LogP contribution in [0.3, 0.4) is 0 Å². The molecule has 0 saturated heterocycles. The number of thiophene rings is 1. The predicted molar refractivity (Wildman–Crippen MR) is 71.0 cm³/mol. The maximum Gasteiger partial charge on any atom is 0.131 e. The quantitative estimate of drug-likeness (QED) is 0.931. The van der Waals surface area contributed by atoms with Crippen molar-refractivity contribution in [1.82, 2.24) is 9.78 Å². The molecule has 17 heavy (non-hydrogen) atoms. The molecular weight excluding hydrogens is 279 g/mol. The van der Waals surface area contributed by atoms with Crippen LogP contribution >= 0.6 is 34.5 Å². The number of hydrogen-bond acceptors (Lipinski definition) is 3. The lowest BCUT2D eigenvalue weighted by atomic mass is 10.2. The van der Waals surface area contributed by atoms with Crippen molar-refractivity contribution < 1.29 is 5.11 Å². The van der Waals surface area contributed by atoms with Gasteiger partial charge >= 0.3 is 0 Å². The number of nitrogens with zero attached hydrogens (tertiary/aromatic N) is 2. The Morgan fingerprint density at radius 1 is 1.41 bits per heavy atom. The third-order valence-electron chi connectivity index (χ3n) is 2.39. The van der Waals surface area contributed by atoms with Gasteiger partial charge in [0, 0.05) is 16.3 Å². The van der Waals surface area contributed by atoms with Crippen LogP contribution in [0.1, 0.15) is 36.6 Å². The molecule has 0 spiro atoms. The molecule has 6 heteroatoms. The van der Waals surface area contributed by atoms with Gasteiger partial charge in [0.25, 0.3) is 0 Å². The average Bonchev–Trinajstić information content (AvgIpc) is 2.83. The third-order valence-corrected chi connectivity index (χ3v) is 4.02. The molecule has 0 radical (unpaired) electrons. The van der Waals surface area contributed by atoms with E-state index in [4.69, 9.17) is 23.2 Å². The van der Waals surface area contributed by atoms with Gasteiger partial charge in [-0.05, 0) is 19.9 Å². The molecule has 1 atom stereocenters. The van der Waals surface area contributed by atoms with Gasteiger partial charge in [-0.3, -0.25) is 4.68 Å². The number of hydrogen-bond donors (Lipinski definition) is 1. The Morgan fingerprint density at radius 2 is 2.12 bits per heavy atom. The lowest BCUT2D eigenvalue weighted by molar-refractivity contribution is 0.209. The second-order valence-electron chi connectivity index (χ2n) is 3.99. The molecular formula is C11H12Cl2N2OS. The highest BCUT2D eigenvalue weighted by atomic mass is 35.5. The molecule has 2 heterocycles. The summed E-state index contributed by atoms with van der Waals surface area (Å²) >= 11 is 13.3. The zero-order chi connectivity index (χ0) is 12.6. The van der Waals surface area contributed by atoms with Crippen LogP contribution < -0.4 is 0 Å². The fourth-order valence-corrected chi connectivity index (χ4v) is 2.93. The van der Waals surface area contributed by atoms with E-state index in [0.717, 1.165) is 4.88 Å². The Kier molecular flexibility index (Phi) is 3.78. The number of aromatic nitrogens is 2. The van der Waals surface area contributed by atoms with Crippen molar-refractivity contribution in [2.75, 3.05) is 0 Å². The molecule has 0 amide bonds. The smallest absolute Gasteiger partial charge is 0.131 e. The van der Waals surface area contributed by atoms with Gasteiger partial charge < -0.3 is 5.11 Å². The lowest BCUT2D eigenvalue weighted by Gasteiger charge is -2.15. The van der Waals surface area contributed by atoms with Crippen LogP contribution in [-0.4, -0.2) is 14.9 Å². The third kappa shape index (κ3) is 2.50. The Balaban J connectivity index is 2.43. The molecule has 2 aromatic rings. The van der Waals surface area contributed by atoms with Gasteiger partial charge in [-0.15, -0.1) is 11.3 Å². The number of rotatable bonds is 3. The molecule has 2 aromatic heterocycles. The monoisotopic (exact) mass is 290 g/mol. The summed E-state index contributed by atoms with van der Waals surface area (Å²) < 4.78 is 1.72. The molecule has 0 aliphatic heterocycles. The first-order valence-corrected chi connectivity index (χ1v) is 6.79. The Bertz CT molecular complexity index is 521. The maximum absolute atomic E-state index is 10.3. The van der Waals surface area contributed by atoms with Gasteiger partial charge in [0.1, 0.15) is 6.10 Å². The summed E-state index contributed by atoms with van der Waals surface area (Å²) in [5, 5.41) is 17.3. The summed E-state index contributed by atoms with van der Waals surface area (Å²) in [6, 6.07) is 1.88. The fraction of sp³-hybridized carbons (Fsp3) is 0.364. The molecule has 1 unspecified atom stereocenters. The second-order valence-corrected chi connectivity index (χ2v) is 5.77. The number of aliphatic hydroxyl groups excluding tert-OH is 1. The van der Waals surface area contributed by atoms with Crippen LogP contribution in [-0.2, 0) is 0 Å². The van der Waals surface area contributed by atoms with Crippen LogP contribution in [0.4, 0.5) is 0 Å². The lowest BCUT2D eigenvalue weighted by Crippen LogP contribution is -2.11. The van der Waals surface area contributed by atoms with Gasteiger partial charge in [0.05, 0.1) is 21.9 Å². The van der Waals surface area contributed by atoms with Crippen molar-refractivity contribution in [2.24, 2.45) is 0 Å². The van der Waals surface area contributed by atoms with Crippen molar-refractivity contribution in [3.63, 3.8) is 0 Å². The van der Waals surface area contributed by atoms with E-state index >= 15 is 0 Å². The van der Waals surface area contributed by atoms with Crippen molar-refractivity contribution in [3.05, 3.63) is 38.3 Å². The second kappa shape index (κ2) is 4.98. The Hall–Kier alpha value is -0.550. The minimum atomic E-state index is -0.787. The molecule has 0 fully saturated rings. The molecule has 0 aliphatic rings. The van der Waals surface area contributed by atoms with Gasteiger partial charge in [0.15, 0.2) is 0 Å². The van der Waals surface area contributed by atoms with Crippen molar-refractivity contribution >= 4 is 34.5 Å². The van der Waals surface area contributed by atoms with Crippen LogP contribution in [0.25, 0.3) is 0 Å². The van der Waals surface area contributed by atoms with Crippen LogP contribution in [0.5, 0.6) is 0 Å². The first-order valence-electron chi connectivity index (χ1n) is 5.15. The summed E-state index contributed by atoms with van der Waals surface area (Å²) in [5.41, 5.74) is 0.611. The van der Waals surface area contributed by atoms with E-state index in [9.17, 15) is 5.11 Å². The first-order chi connectivity index (χ1) is 8.00. The molecule has 0 aromatic carbocycles. The molecule has 2 rings (SSSR count). The maximum atomic E-state index is 10.3. The van der Waals surface area contributed by atoms with Crippen LogP contribution in [0.15, 0.2) is 17.6 Å². The Labute approximate surface area is 114 Å². The van der Waals surface area contributed by atoms with E-state index in [2.05, 4.69) is 5.10 Å². The topological polar surface area (TPSA) is 38.0 Å². The molecule has 0 bridgehead atoms. The van der Waals surface area contributed by atoms with Crippen molar-refractivity contribution in [1.29, 1.82) is 0 Å². The van der Waals surface area contributed by atoms with E-state index in [0.29, 0.717) is 15.7 Å². The van der Waals surface area contributed by atoms with Gasteiger partial charge in [0.2, 0.25) is 0 Å². The van der Waals surface area contributed by atoms with E-state index in [1.165, 1.54) is 11.3 Å². The van der Waals surface area contributed by atoms with Gasteiger partial charge in [-0.2, -0.15) is 5.10 Å². The van der Waals surface area contributed by atoms with Gasteiger partial charge in [-0.1, -0.05) is 23.2 Å². The molecule has 3 nitrogen and oxygen atoms in total. The standard InChI is InChI=1S/C11H12Cl2N2OS/c1-6(2)15-10(8(13)4-14-15)11(16)9-3-7(12)5-17-9/h3-6,11,16H,1-2H3. The zero-order valence-electron chi connectivity index (χ0n) is 9.39. The highest BCUT2D eigenvalue weighted by Crippen LogP contribution is 2.34. The summed E-state index contributed by atoms with van der Waals surface area (Å²) in [6.45, 7) is 3.97. The van der Waals surface area contributed by atoms with Crippen LogP contribution in [0, 0.1) is 0 Å². The summed E-state index contributed by atoms with van der Waals surface area (Å²) in [4.78, 5) is 0.763. The predicted octanol–water partition coefficient (Wildman–Crippen LogP) is 3.91. The summed E-state index contributed by atoms with van der Waals surface area (Å²) in [5.74, 6) is 0. The molecule has 0 saturated carbocycles. The van der Waals surface area contributed by atoms with Gasteiger partial charge in [-0.25, -0.2) is 0 Å². The first kappa shape index (κ1) is 12.9. The summed E-state index contributed by atoms with van der Waals surface area (Å²) in [6.07, 6.45) is 0.764. The fourth-order valence-electron chi connectivity index (χ4n) is 1.62. The Morgan fingerprint density at radius 3 is 2.65 bits per heavy atom. The van der Waals surface area contributed by atoms with E-state index in [1.54, 1.807) is 22.3 Å². The number of halogens is 2. The largest absolute Gasteiger partial charge is 0.381 e. The molecule has 0 aliphatic carbocycles. The summed E-state index contributed by atoms with van der Waals surface area (Å²) in [7, 11) is 0. The normalized spacial score (nSPS) is 13.3. The number of aliphatic hydroxyl groups is 1. The van der Waals surface area contributed by atoms with Crippen LogP contribution in [0.2, 0.25) is 10.0 Å². The van der Waals surface area contributed by atoms with E-state index in [1.807, 2.05) is 13.8 Å². The minimum absolute atomic E-state index is 0.141. The van der Waals surface area contributed by atoms with Crippen molar-refractivity contribution in [2.45, 2.75) is 26.0 Å². The van der Waals surface area contributed by atoms with E-state index in [-0.39, 0.29) is 6.04 Å². The zero-order valence-corrected chi connectivity index (χ0v) is 11.7. The highest BCUT2D eigenvalue weighted by Gasteiger charge is 2.22.